The molecule has 0 spiro atoms. The van der Waals surface area contributed by atoms with Crippen molar-refractivity contribution in [2.24, 2.45) is 0 Å². The molecule has 3 heterocycles. The van der Waals surface area contributed by atoms with E-state index in [1.807, 2.05) is 18.2 Å². The lowest BCUT2D eigenvalue weighted by molar-refractivity contribution is 0.0946. The highest BCUT2D eigenvalue weighted by molar-refractivity contribution is 6.31. The van der Waals surface area contributed by atoms with Gasteiger partial charge in [0.15, 0.2) is 5.82 Å². The molecule has 0 aliphatic heterocycles. The monoisotopic (exact) mass is 437 g/mol. The number of anilines is 1. The maximum absolute atomic E-state index is 12.5. The molecule has 0 bridgehead atoms. The standard InChI is InChI=1S/C21H20ClN7O2/c1-23-20-18(13-2-3-14(11-30)15(22)8-13)19(28-29-20)16-9-17(27-26-16)21(31)25-10-12-4-6-24-7-5-12/h2-9,30H,10-11H2,1H3,(H,25,31)(H,26,27)(H2,23,28,29). The summed E-state index contributed by atoms with van der Waals surface area (Å²) in [6.07, 6.45) is 3.35. The van der Waals surface area contributed by atoms with Gasteiger partial charge in [0.2, 0.25) is 0 Å². The zero-order valence-corrected chi connectivity index (χ0v) is 17.4. The lowest BCUT2D eigenvalue weighted by Gasteiger charge is -2.07. The van der Waals surface area contributed by atoms with Gasteiger partial charge in [0.1, 0.15) is 11.4 Å². The number of aromatic nitrogens is 5. The third kappa shape index (κ3) is 4.27. The third-order valence-electron chi connectivity index (χ3n) is 4.80. The quantitative estimate of drug-likeness (QED) is 0.302. The van der Waals surface area contributed by atoms with Gasteiger partial charge in [-0.05, 0) is 41.0 Å². The van der Waals surface area contributed by atoms with Crippen LogP contribution in [0.5, 0.6) is 0 Å². The summed E-state index contributed by atoms with van der Waals surface area (Å²) in [7, 11) is 1.76. The Labute approximate surface area is 182 Å². The summed E-state index contributed by atoms with van der Waals surface area (Å²) in [6.45, 7) is 0.234. The zero-order valence-electron chi connectivity index (χ0n) is 16.6. The Hall–Kier alpha value is -3.69. The van der Waals surface area contributed by atoms with E-state index in [4.69, 9.17) is 11.6 Å². The second kappa shape index (κ2) is 8.99. The van der Waals surface area contributed by atoms with Gasteiger partial charge in [-0.3, -0.25) is 20.0 Å². The predicted octanol–water partition coefficient (Wildman–Crippen LogP) is 2.98. The van der Waals surface area contributed by atoms with Crippen LogP contribution in [-0.2, 0) is 13.2 Å². The number of rotatable bonds is 7. The van der Waals surface area contributed by atoms with Gasteiger partial charge in [-0.1, -0.05) is 23.7 Å². The predicted molar refractivity (Wildman–Crippen MR) is 117 cm³/mol. The number of carbonyl (C=O) groups is 1. The number of nitrogens with zero attached hydrogens (tertiary/aromatic N) is 3. The number of aliphatic hydroxyl groups is 1. The topological polar surface area (TPSA) is 132 Å². The summed E-state index contributed by atoms with van der Waals surface area (Å²) in [5, 5.41) is 30.0. The molecule has 0 radical (unpaired) electrons. The lowest BCUT2D eigenvalue weighted by atomic mass is 10.0. The number of hydrogen-bond acceptors (Lipinski definition) is 6. The van der Waals surface area contributed by atoms with Gasteiger partial charge in [-0.25, -0.2) is 0 Å². The van der Waals surface area contributed by atoms with E-state index in [9.17, 15) is 9.90 Å². The number of nitrogens with one attached hydrogen (secondary N) is 4. The molecule has 0 aliphatic carbocycles. The fraction of sp³-hybridized carbons (Fsp3) is 0.143. The molecule has 31 heavy (non-hydrogen) atoms. The summed E-state index contributed by atoms with van der Waals surface area (Å²) in [5.41, 5.74) is 4.60. The Morgan fingerprint density at radius 2 is 1.94 bits per heavy atom. The van der Waals surface area contributed by atoms with E-state index in [0.717, 1.165) is 16.7 Å². The van der Waals surface area contributed by atoms with Gasteiger partial charge in [0, 0.05) is 31.0 Å². The van der Waals surface area contributed by atoms with Crippen molar-refractivity contribution in [1.82, 2.24) is 30.7 Å². The van der Waals surface area contributed by atoms with Crippen LogP contribution in [0, 0.1) is 0 Å². The van der Waals surface area contributed by atoms with Crippen LogP contribution in [0.2, 0.25) is 5.02 Å². The van der Waals surface area contributed by atoms with Crippen LogP contribution in [0.3, 0.4) is 0 Å². The normalized spacial score (nSPS) is 10.8. The number of hydrogen-bond donors (Lipinski definition) is 5. The molecule has 0 saturated heterocycles. The number of benzene rings is 1. The summed E-state index contributed by atoms with van der Waals surface area (Å²) < 4.78 is 0. The van der Waals surface area contributed by atoms with Crippen LogP contribution in [0.1, 0.15) is 21.6 Å². The molecule has 3 aromatic heterocycles. The first-order chi connectivity index (χ1) is 15.1. The SMILES string of the molecule is CNc1n[nH]c(-c2cc(C(=O)NCc3ccncc3)[nH]n2)c1-c1ccc(CO)c(Cl)c1. The van der Waals surface area contributed by atoms with Crippen molar-refractivity contribution >= 4 is 23.3 Å². The average molecular weight is 438 g/mol. The molecule has 158 valence electrons. The maximum atomic E-state index is 12.5. The minimum atomic E-state index is -0.277. The molecular weight excluding hydrogens is 418 g/mol. The molecule has 0 fully saturated rings. The minimum absolute atomic E-state index is 0.145. The fourth-order valence-electron chi connectivity index (χ4n) is 3.16. The molecule has 4 rings (SSSR count). The summed E-state index contributed by atoms with van der Waals surface area (Å²) in [6, 6.07) is 10.7. The molecule has 9 nitrogen and oxygen atoms in total. The van der Waals surface area contributed by atoms with Crippen LogP contribution in [0.15, 0.2) is 48.8 Å². The number of aliphatic hydroxyl groups excluding tert-OH is 1. The van der Waals surface area contributed by atoms with Crippen molar-refractivity contribution in [3.05, 3.63) is 70.6 Å². The minimum Gasteiger partial charge on any atom is -0.392 e. The number of H-pyrrole nitrogens is 2. The number of halogens is 1. The van der Waals surface area contributed by atoms with Gasteiger partial charge in [0.05, 0.1) is 17.9 Å². The van der Waals surface area contributed by atoms with Crippen LogP contribution in [0.4, 0.5) is 5.82 Å². The number of carbonyl (C=O) groups excluding carboxylic acids is 1. The van der Waals surface area contributed by atoms with E-state index in [-0.39, 0.29) is 12.5 Å². The molecule has 1 amide bonds. The molecule has 5 N–H and O–H groups in total. The van der Waals surface area contributed by atoms with Gasteiger partial charge >= 0.3 is 0 Å². The smallest absolute Gasteiger partial charge is 0.269 e. The van der Waals surface area contributed by atoms with Crippen LogP contribution in [0.25, 0.3) is 22.5 Å². The van der Waals surface area contributed by atoms with Gasteiger partial charge < -0.3 is 15.7 Å². The second-order valence-corrected chi connectivity index (χ2v) is 7.15. The molecule has 0 aliphatic rings. The first-order valence-corrected chi connectivity index (χ1v) is 9.87. The van der Waals surface area contributed by atoms with Crippen molar-refractivity contribution in [2.45, 2.75) is 13.2 Å². The van der Waals surface area contributed by atoms with Crippen LogP contribution < -0.4 is 10.6 Å². The average Bonchev–Trinajstić information content (AvgIpc) is 3.45. The largest absolute Gasteiger partial charge is 0.392 e. The Bertz CT molecular complexity index is 1200. The van der Waals surface area contributed by atoms with E-state index in [2.05, 4.69) is 36.0 Å². The second-order valence-electron chi connectivity index (χ2n) is 6.74. The zero-order chi connectivity index (χ0) is 21.8. The van der Waals surface area contributed by atoms with Gasteiger partial charge in [-0.2, -0.15) is 10.2 Å². The molecule has 0 saturated carbocycles. The molecule has 4 aromatic rings. The highest BCUT2D eigenvalue weighted by Gasteiger charge is 2.20. The molecule has 10 heteroatoms. The fourth-order valence-corrected chi connectivity index (χ4v) is 3.40. The Kier molecular flexibility index (Phi) is 5.96. The lowest BCUT2D eigenvalue weighted by Crippen LogP contribution is -2.23. The summed E-state index contributed by atoms with van der Waals surface area (Å²) in [4.78, 5) is 16.5. The molecule has 0 atom stereocenters. The Morgan fingerprint density at radius 1 is 1.13 bits per heavy atom. The van der Waals surface area contributed by atoms with E-state index in [1.54, 1.807) is 37.6 Å². The number of pyridine rings is 1. The molecule has 1 aromatic carbocycles. The van der Waals surface area contributed by atoms with Crippen molar-refractivity contribution in [3.63, 3.8) is 0 Å². The van der Waals surface area contributed by atoms with E-state index < -0.39 is 0 Å². The van der Waals surface area contributed by atoms with Crippen molar-refractivity contribution < 1.29 is 9.90 Å². The van der Waals surface area contributed by atoms with Crippen LogP contribution >= 0.6 is 11.6 Å². The van der Waals surface area contributed by atoms with Crippen molar-refractivity contribution in [3.8, 4) is 22.5 Å². The first kappa shape index (κ1) is 20.6. The third-order valence-corrected chi connectivity index (χ3v) is 5.15. The molecule has 0 unspecified atom stereocenters. The van der Waals surface area contributed by atoms with Gasteiger partial charge in [0.25, 0.3) is 5.91 Å². The van der Waals surface area contributed by atoms with E-state index in [1.165, 1.54) is 0 Å². The van der Waals surface area contributed by atoms with E-state index in [0.29, 0.717) is 40.0 Å². The maximum Gasteiger partial charge on any atom is 0.269 e. The molecular formula is C21H20ClN7O2. The number of aromatic amines is 2. The Balaban J connectivity index is 1.61. The first-order valence-electron chi connectivity index (χ1n) is 9.49. The van der Waals surface area contributed by atoms with Crippen molar-refractivity contribution in [2.75, 3.05) is 12.4 Å². The van der Waals surface area contributed by atoms with Gasteiger partial charge in [-0.15, -0.1) is 0 Å². The van der Waals surface area contributed by atoms with Crippen LogP contribution in [-0.4, -0.2) is 43.4 Å². The summed E-state index contributed by atoms with van der Waals surface area (Å²) in [5.74, 6) is 0.329. The number of amides is 1. The Morgan fingerprint density at radius 3 is 2.65 bits per heavy atom. The highest BCUT2D eigenvalue weighted by Crippen LogP contribution is 2.37. The highest BCUT2D eigenvalue weighted by atomic mass is 35.5. The van der Waals surface area contributed by atoms with E-state index >= 15 is 0 Å². The summed E-state index contributed by atoms with van der Waals surface area (Å²) >= 11 is 6.28. The van der Waals surface area contributed by atoms with Crippen molar-refractivity contribution in [1.29, 1.82) is 0 Å².